The lowest BCUT2D eigenvalue weighted by molar-refractivity contribution is -0.161. The van der Waals surface area contributed by atoms with Crippen molar-refractivity contribution in [3.05, 3.63) is 29.8 Å². The maximum atomic E-state index is 12.4. The summed E-state index contributed by atoms with van der Waals surface area (Å²) >= 11 is 0. The fraction of sp³-hybridized carbons (Fsp3) is 0.500. The Kier molecular flexibility index (Phi) is 6.48. The highest BCUT2D eigenvalue weighted by atomic mass is 19.4. The van der Waals surface area contributed by atoms with Crippen LogP contribution < -0.4 is 4.74 Å². The first-order chi connectivity index (χ1) is 9.85. The predicted octanol–water partition coefficient (Wildman–Crippen LogP) is 2.01. The van der Waals surface area contributed by atoms with E-state index in [-0.39, 0.29) is 13.0 Å². The second kappa shape index (κ2) is 7.87. The number of benzene rings is 1. The van der Waals surface area contributed by atoms with Gasteiger partial charge in [0.15, 0.2) is 0 Å². The molecule has 1 N–H and O–H groups in total. The number of aliphatic hydroxyl groups excluding tert-OH is 1. The number of ether oxygens (including phenoxy) is 1. The Morgan fingerprint density at radius 3 is 2.38 bits per heavy atom. The third-order valence-electron chi connectivity index (χ3n) is 2.68. The van der Waals surface area contributed by atoms with Crippen molar-refractivity contribution in [3.63, 3.8) is 0 Å². The summed E-state index contributed by atoms with van der Waals surface area (Å²) < 4.78 is 42.4. The van der Waals surface area contributed by atoms with Crippen LogP contribution in [0.2, 0.25) is 0 Å². The average molecular weight is 305 g/mol. The van der Waals surface area contributed by atoms with E-state index < -0.39 is 25.2 Å². The SMILES string of the molecule is CCOc1ccc(CC(=O)N(CCO)CC(F)(F)F)cc1. The number of halogens is 3. The lowest BCUT2D eigenvalue weighted by Crippen LogP contribution is -2.41. The normalized spacial score (nSPS) is 11.3. The molecule has 21 heavy (non-hydrogen) atoms. The minimum absolute atomic E-state index is 0.150. The van der Waals surface area contributed by atoms with Crippen LogP contribution in [0.5, 0.6) is 5.75 Å². The number of aliphatic hydroxyl groups is 1. The van der Waals surface area contributed by atoms with Crippen LogP contribution in [-0.2, 0) is 11.2 Å². The molecule has 1 amide bonds. The zero-order valence-corrected chi connectivity index (χ0v) is 11.7. The minimum Gasteiger partial charge on any atom is -0.494 e. The van der Waals surface area contributed by atoms with Crippen LogP contribution >= 0.6 is 0 Å². The zero-order valence-electron chi connectivity index (χ0n) is 11.7. The highest BCUT2D eigenvalue weighted by Gasteiger charge is 2.32. The number of alkyl halides is 3. The molecule has 4 nitrogen and oxygen atoms in total. The third-order valence-corrected chi connectivity index (χ3v) is 2.68. The maximum absolute atomic E-state index is 12.4. The van der Waals surface area contributed by atoms with E-state index >= 15 is 0 Å². The molecule has 118 valence electrons. The van der Waals surface area contributed by atoms with E-state index in [0.717, 1.165) is 0 Å². The van der Waals surface area contributed by atoms with Crippen molar-refractivity contribution in [3.8, 4) is 5.75 Å². The number of amides is 1. The predicted molar refractivity (Wildman–Crippen MR) is 71.0 cm³/mol. The molecule has 0 bridgehead atoms. The zero-order chi connectivity index (χ0) is 15.9. The molecule has 0 aliphatic rings. The standard InChI is InChI=1S/C14H18F3NO3/c1-2-21-12-5-3-11(4-6-12)9-13(20)18(7-8-19)10-14(15,16)17/h3-6,19H,2,7-10H2,1H3. The first-order valence-corrected chi connectivity index (χ1v) is 6.53. The summed E-state index contributed by atoms with van der Waals surface area (Å²) in [7, 11) is 0. The smallest absolute Gasteiger partial charge is 0.406 e. The third kappa shape index (κ3) is 6.48. The van der Waals surface area contributed by atoms with Crippen LogP contribution in [-0.4, -0.2) is 48.4 Å². The van der Waals surface area contributed by atoms with Crippen molar-refractivity contribution in [1.29, 1.82) is 0 Å². The number of carbonyl (C=O) groups is 1. The molecular formula is C14H18F3NO3. The van der Waals surface area contributed by atoms with Crippen molar-refractivity contribution in [1.82, 2.24) is 4.90 Å². The molecule has 0 aliphatic carbocycles. The molecule has 0 aromatic heterocycles. The van der Waals surface area contributed by atoms with Crippen LogP contribution in [0.15, 0.2) is 24.3 Å². The number of rotatable bonds is 7. The topological polar surface area (TPSA) is 49.8 Å². The maximum Gasteiger partial charge on any atom is 0.406 e. The Bertz CT molecular complexity index is 446. The molecule has 0 aliphatic heterocycles. The lowest BCUT2D eigenvalue weighted by atomic mass is 10.1. The Morgan fingerprint density at radius 2 is 1.90 bits per heavy atom. The number of hydrogen-bond donors (Lipinski definition) is 1. The molecule has 0 fully saturated rings. The van der Waals surface area contributed by atoms with Gasteiger partial charge in [-0.1, -0.05) is 12.1 Å². The van der Waals surface area contributed by atoms with Crippen LogP contribution in [0.4, 0.5) is 13.2 Å². The summed E-state index contributed by atoms with van der Waals surface area (Å²) in [4.78, 5) is 12.5. The summed E-state index contributed by atoms with van der Waals surface area (Å²) in [5.41, 5.74) is 0.591. The fourth-order valence-electron chi connectivity index (χ4n) is 1.79. The van der Waals surface area contributed by atoms with Crippen LogP contribution in [0.3, 0.4) is 0 Å². The van der Waals surface area contributed by atoms with Crippen molar-refractivity contribution in [2.75, 3.05) is 26.3 Å². The van der Waals surface area contributed by atoms with E-state index in [1.807, 2.05) is 6.92 Å². The fourth-order valence-corrected chi connectivity index (χ4v) is 1.79. The molecule has 0 atom stereocenters. The summed E-state index contributed by atoms with van der Waals surface area (Å²) in [6.45, 7) is 0.138. The van der Waals surface area contributed by atoms with Gasteiger partial charge in [-0.25, -0.2) is 0 Å². The molecule has 1 aromatic carbocycles. The molecule has 0 unspecified atom stereocenters. The Morgan fingerprint density at radius 1 is 1.29 bits per heavy atom. The van der Waals surface area contributed by atoms with Gasteiger partial charge in [-0.05, 0) is 24.6 Å². The van der Waals surface area contributed by atoms with Gasteiger partial charge in [0.25, 0.3) is 0 Å². The highest BCUT2D eigenvalue weighted by Crippen LogP contribution is 2.18. The monoisotopic (exact) mass is 305 g/mol. The van der Waals surface area contributed by atoms with Gasteiger partial charge in [0.1, 0.15) is 12.3 Å². The van der Waals surface area contributed by atoms with E-state index in [2.05, 4.69) is 0 Å². The molecule has 1 aromatic rings. The molecule has 0 saturated carbocycles. The quantitative estimate of drug-likeness (QED) is 0.838. The summed E-state index contributed by atoms with van der Waals surface area (Å²) in [5, 5.41) is 8.77. The first kappa shape index (κ1) is 17.3. The number of hydrogen-bond acceptors (Lipinski definition) is 3. The van der Waals surface area contributed by atoms with E-state index in [4.69, 9.17) is 9.84 Å². The minimum atomic E-state index is -4.48. The number of nitrogens with zero attached hydrogens (tertiary/aromatic N) is 1. The van der Waals surface area contributed by atoms with Crippen molar-refractivity contribution < 1.29 is 27.8 Å². The lowest BCUT2D eigenvalue weighted by Gasteiger charge is -2.23. The van der Waals surface area contributed by atoms with Crippen LogP contribution in [0.25, 0.3) is 0 Å². The van der Waals surface area contributed by atoms with E-state index in [1.54, 1.807) is 24.3 Å². The van der Waals surface area contributed by atoms with Gasteiger partial charge in [-0.3, -0.25) is 4.79 Å². The van der Waals surface area contributed by atoms with Gasteiger partial charge < -0.3 is 14.7 Å². The molecule has 0 radical (unpaired) electrons. The molecular weight excluding hydrogens is 287 g/mol. The van der Waals surface area contributed by atoms with Crippen molar-refractivity contribution >= 4 is 5.91 Å². The summed E-state index contributed by atoms with van der Waals surface area (Å²) in [6, 6.07) is 6.58. The second-order valence-electron chi connectivity index (χ2n) is 4.41. The summed E-state index contributed by atoms with van der Waals surface area (Å²) in [6.07, 6.45) is -4.63. The first-order valence-electron chi connectivity index (χ1n) is 6.53. The largest absolute Gasteiger partial charge is 0.494 e. The number of carbonyl (C=O) groups excluding carboxylic acids is 1. The Hall–Kier alpha value is -1.76. The van der Waals surface area contributed by atoms with Crippen LogP contribution in [0, 0.1) is 0 Å². The Labute approximate surface area is 121 Å². The van der Waals surface area contributed by atoms with E-state index in [1.165, 1.54) is 0 Å². The van der Waals surface area contributed by atoms with E-state index in [9.17, 15) is 18.0 Å². The van der Waals surface area contributed by atoms with Gasteiger partial charge in [0, 0.05) is 6.54 Å². The van der Waals surface area contributed by atoms with Crippen molar-refractivity contribution in [2.45, 2.75) is 19.5 Å². The van der Waals surface area contributed by atoms with E-state index in [0.29, 0.717) is 22.8 Å². The van der Waals surface area contributed by atoms with Gasteiger partial charge in [-0.2, -0.15) is 13.2 Å². The van der Waals surface area contributed by atoms with Crippen LogP contribution in [0.1, 0.15) is 12.5 Å². The van der Waals surface area contributed by atoms with Gasteiger partial charge in [0.05, 0.1) is 19.6 Å². The molecule has 7 heteroatoms. The molecule has 1 rings (SSSR count). The van der Waals surface area contributed by atoms with Gasteiger partial charge >= 0.3 is 6.18 Å². The van der Waals surface area contributed by atoms with Crippen molar-refractivity contribution in [2.24, 2.45) is 0 Å². The molecule has 0 saturated heterocycles. The second-order valence-corrected chi connectivity index (χ2v) is 4.41. The van der Waals surface area contributed by atoms with Gasteiger partial charge in [-0.15, -0.1) is 0 Å². The average Bonchev–Trinajstić information content (AvgIpc) is 2.39. The summed E-state index contributed by atoms with van der Waals surface area (Å²) in [5.74, 6) is -0.0401. The molecule has 0 heterocycles. The molecule has 0 spiro atoms. The highest BCUT2D eigenvalue weighted by molar-refractivity contribution is 5.78. The Balaban J connectivity index is 2.67. The van der Waals surface area contributed by atoms with Gasteiger partial charge in [0.2, 0.25) is 5.91 Å².